The molecular formula is C24H25FN2O3. The van der Waals surface area contributed by atoms with E-state index in [2.05, 4.69) is 6.92 Å². The zero-order valence-electron chi connectivity index (χ0n) is 17.2. The number of piperidine rings is 1. The van der Waals surface area contributed by atoms with E-state index in [-0.39, 0.29) is 24.2 Å². The smallest absolute Gasteiger partial charge is 0.278 e. The highest BCUT2D eigenvalue weighted by molar-refractivity contribution is 6.35. The molecule has 0 spiro atoms. The van der Waals surface area contributed by atoms with Crippen LogP contribution in [0.5, 0.6) is 5.75 Å². The van der Waals surface area contributed by atoms with Crippen LogP contribution in [0.3, 0.4) is 0 Å². The second-order valence-electron chi connectivity index (χ2n) is 7.93. The first-order valence-corrected chi connectivity index (χ1v) is 10.2. The summed E-state index contributed by atoms with van der Waals surface area (Å²) in [5.74, 6) is 0.0218. The number of amides is 2. The highest BCUT2D eigenvalue weighted by atomic mass is 19.1. The second-order valence-corrected chi connectivity index (χ2v) is 7.93. The van der Waals surface area contributed by atoms with Crippen LogP contribution >= 0.6 is 0 Å². The van der Waals surface area contributed by atoms with E-state index >= 15 is 0 Å². The van der Waals surface area contributed by atoms with Crippen molar-refractivity contribution in [3.63, 3.8) is 0 Å². The van der Waals surface area contributed by atoms with Crippen molar-refractivity contribution in [2.45, 2.75) is 26.3 Å². The van der Waals surface area contributed by atoms with Crippen molar-refractivity contribution in [3.05, 3.63) is 71.2 Å². The Morgan fingerprint density at radius 3 is 2.50 bits per heavy atom. The van der Waals surface area contributed by atoms with Gasteiger partial charge in [-0.1, -0.05) is 37.3 Å². The van der Waals surface area contributed by atoms with Crippen molar-refractivity contribution < 1.29 is 18.7 Å². The number of hydrogen-bond donors (Lipinski definition) is 0. The van der Waals surface area contributed by atoms with Gasteiger partial charge < -0.3 is 9.64 Å². The molecule has 6 heteroatoms. The van der Waals surface area contributed by atoms with Crippen LogP contribution < -0.4 is 4.74 Å². The average molecular weight is 408 g/mol. The van der Waals surface area contributed by atoms with Gasteiger partial charge in [-0.3, -0.25) is 14.5 Å². The van der Waals surface area contributed by atoms with Crippen LogP contribution in [0.15, 0.2) is 54.2 Å². The lowest BCUT2D eigenvalue weighted by molar-refractivity contribution is -0.138. The van der Waals surface area contributed by atoms with Gasteiger partial charge in [0.05, 0.1) is 19.2 Å². The summed E-state index contributed by atoms with van der Waals surface area (Å²) >= 11 is 0. The molecule has 1 saturated heterocycles. The predicted octanol–water partition coefficient (Wildman–Crippen LogP) is 3.85. The van der Waals surface area contributed by atoms with Gasteiger partial charge in [-0.2, -0.15) is 0 Å². The Hall–Kier alpha value is -3.15. The van der Waals surface area contributed by atoms with Gasteiger partial charge in [-0.05, 0) is 42.5 Å². The van der Waals surface area contributed by atoms with Crippen molar-refractivity contribution in [2.75, 3.05) is 20.2 Å². The molecule has 156 valence electrons. The maximum absolute atomic E-state index is 13.5. The Kier molecular flexibility index (Phi) is 5.57. The van der Waals surface area contributed by atoms with E-state index in [0.29, 0.717) is 28.5 Å². The number of benzene rings is 2. The standard InChI is InChI=1S/C24H25FN2O3/c1-16-6-5-13-26(14-16)22-21(17-9-11-19(25)12-10-17)23(28)27(24(22)29)15-18-7-3-4-8-20(18)30-2/h3-4,7-12,16H,5-6,13-15H2,1-2H3. The first-order valence-electron chi connectivity index (χ1n) is 10.2. The average Bonchev–Trinajstić information content (AvgIpc) is 2.99. The number of likely N-dealkylation sites (tertiary alicyclic amines) is 1. The van der Waals surface area contributed by atoms with Gasteiger partial charge in [0.2, 0.25) is 0 Å². The van der Waals surface area contributed by atoms with Crippen LogP contribution in [0.1, 0.15) is 30.9 Å². The first-order chi connectivity index (χ1) is 14.5. The number of imide groups is 1. The van der Waals surface area contributed by atoms with Crippen LogP contribution in [0.2, 0.25) is 0 Å². The van der Waals surface area contributed by atoms with Crippen LogP contribution in [0, 0.1) is 11.7 Å². The minimum Gasteiger partial charge on any atom is -0.496 e. The first kappa shape index (κ1) is 20.1. The summed E-state index contributed by atoms with van der Waals surface area (Å²) in [6.07, 6.45) is 2.07. The molecule has 0 radical (unpaired) electrons. The summed E-state index contributed by atoms with van der Waals surface area (Å²) in [5.41, 5.74) is 2.09. The molecule has 2 aliphatic rings. The Morgan fingerprint density at radius 1 is 1.07 bits per heavy atom. The van der Waals surface area contributed by atoms with E-state index in [1.807, 2.05) is 29.2 Å². The molecule has 1 fully saturated rings. The monoisotopic (exact) mass is 408 g/mol. The normalized spacial score (nSPS) is 19.6. The summed E-state index contributed by atoms with van der Waals surface area (Å²) in [6.45, 7) is 3.73. The maximum atomic E-state index is 13.5. The Morgan fingerprint density at radius 2 is 1.80 bits per heavy atom. The third kappa shape index (κ3) is 3.70. The number of nitrogens with zero attached hydrogens (tertiary/aromatic N) is 2. The SMILES string of the molecule is COc1ccccc1CN1C(=O)C(c2ccc(F)cc2)=C(N2CCCC(C)C2)C1=O. The molecule has 0 aromatic heterocycles. The number of para-hydroxylation sites is 1. The van der Waals surface area contributed by atoms with Crippen LogP contribution in [0.4, 0.5) is 4.39 Å². The van der Waals surface area contributed by atoms with Crippen LogP contribution in [-0.2, 0) is 16.1 Å². The highest BCUT2D eigenvalue weighted by Gasteiger charge is 2.42. The molecule has 4 rings (SSSR count). The van der Waals surface area contributed by atoms with Crippen molar-refractivity contribution in [2.24, 2.45) is 5.92 Å². The number of carbonyl (C=O) groups is 2. The molecular weight excluding hydrogens is 383 g/mol. The Labute approximate surface area is 175 Å². The fourth-order valence-electron chi connectivity index (χ4n) is 4.27. The minimum absolute atomic E-state index is 0.124. The van der Waals surface area contributed by atoms with Gasteiger partial charge in [0.15, 0.2) is 0 Å². The number of carbonyl (C=O) groups excluding carboxylic acids is 2. The fraction of sp³-hybridized carbons (Fsp3) is 0.333. The number of halogens is 1. The minimum atomic E-state index is -0.379. The number of methoxy groups -OCH3 is 1. The van der Waals surface area contributed by atoms with Gasteiger partial charge in [0.1, 0.15) is 17.3 Å². The van der Waals surface area contributed by atoms with E-state index in [4.69, 9.17) is 4.74 Å². The zero-order valence-corrected chi connectivity index (χ0v) is 17.2. The van der Waals surface area contributed by atoms with Gasteiger partial charge in [0, 0.05) is 18.7 Å². The largest absolute Gasteiger partial charge is 0.496 e. The molecule has 2 amide bonds. The summed E-state index contributed by atoms with van der Waals surface area (Å²) in [7, 11) is 1.56. The molecule has 0 N–H and O–H groups in total. The zero-order chi connectivity index (χ0) is 21.3. The summed E-state index contributed by atoms with van der Waals surface area (Å²) in [5, 5.41) is 0. The van der Waals surface area contributed by atoms with Crippen molar-refractivity contribution in [1.82, 2.24) is 9.80 Å². The topological polar surface area (TPSA) is 49.9 Å². The lowest BCUT2D eigenvalue weighted by atomic mass is 9.98. The number of hydrogen-bond acceptors (Lipinski definition) is 4. The second kappa shape index (κ2) is 8.30. The van der Waals surface area contributed by atoms with Crippen molar-refractivity contribution >= 4 is 17.4 Å². The lowest BCUT2D eigenvalue weighted by Gasteiger charge is -2.33. The van der Waals surface area contributed by atoms with Crippen LogP contribution in [0.25, 0.3) is 5.57 Å². The van der Waals surface area contributed by atoms with Crippen LogP contribution in [-0.4, -0.2) is 41.8 Å². The molecule has 0 saturated carbocycles. The molecule has 2 aromatic carbocycles. The molecule has 30 heavy (non-hydrogen) atoms. The molecule has 0 bridgehead atoms. The summed E-state index contributed by atoms with van der Waals surface area (Å²) in [6, 6.07) is 13.1. The molecule has 2 aromatic rings. The summed E-state index contributed by atoms with van der Waals surface area (Å²) in [4.78, 5) is 30.2. The molecule has 1 atom stereocenters. The third-order valence-electron chi connectivity index (χ3n) is 5.77. The molecule has 2 aliphatic heterocycles. The molecule has 0 aliphatic carbocycles. The van der Waals surface area contributed by atoms with E-state index in [1.54, 1.807) is 19.2 Å². The van der Waals surface area contributed by atoms with E-state index < -0.39 is 0 Å². The third-order valence-corrected chi connectivity index (χ3v) is 5.77. The molecule has 5 nitrogen and oxygen atoms in total. The maximum Gasteiger partial charge on any atom is 0.278 e. The van der Waals surface area contributed by atoms with Crippen molar-refractivity contribution in [3.8, 4) is 5.75 Å². The number of ether oxygens (including phenoxy) is 1. The van der Waals surface area contributed by atoms with Gasteiger partial charge in [-0.25, -0.2) is 4.39 Å². The predicted molar refractivity (Wildman–Crippen MR) is 112 cm³/mol. The summed E-state index contributed by atoms with van der Waals surface area (Å²) < 4.78 is 18.9. The molecule has 2 heterocycles. The lowest BCUT2D eigenvalue weighted by Crippen LogP contribution is -2.39. The van der Waals surface area contributed by atoms with Gasteiger partial charge >= 0.3 is 0 Å². The molecule has 1 unspecified atom stereocenters. The highest BCUT2D eigenvalue weighted by Crippen LogP contribution is 2.35. The van der Waals surface area contributed by atoms with E-state index in [1.165, 1.54) is 17.0 Å². The fourth-order valence-corrected chi connectivity index (χ4v) is 4.27. The van der Waals surface area contributed by atoms with Gasteiger partial charge in [0.25, 0.3) is 11.8 Å². The van der Waals surface area contributed by atoms with E-state index in [0.717, 1.165) is 31.5 Å². The van der Waals surface area contributed by atoms with Gasteiger partial charge in [-0.15, -0.1) is 0 Å². The number of rotatable bonds is 5. The van der Waals surface area contributed by atoms with Crippen molar-refractivity contribution in [1.29, 1.82) is 0 Å². The quantitative estimate of drug-likeness (QED) is 0.706. The van der Waals surface area contributed by atoms with E-state index in [9.17, 15) is 14.0 Å². The Balaban J connectivity index is 1.74. The Bertz CT molecular complexity index is 1000.